The average Bonchev–Trinajstić information content (AvgIpc) is 2.27. The van der Waals surface area contributed by atoms with E-state index in [0.717, 1.165) is 17.6 Å². The number of methoxy groups -OCH3 is 1. The highest BCUT2D eigenvalue weighted by Gasteiger charge is 2.03. The summed E-state index contributed by atoms with van der Waals surface area (Å²) in [6.45, 7) is 2.02. The van der Waals surface area contributed by atoms with Gasteiger partial charge in [0, 0.05) is 11.4 Å². The lowest BCUT2D eigenvalue weighted by molar-refractivity contribution is 0.420. The Bertz CT molecular complexity index is 491. The van der Waals surface area contributed by atoms with Crippen LogP contribution in [0, 0.1) is 0 Å². The Labute approximate surface area is 96.0 Å². The summed E-state index contributed by atoms with van der Waals surface area (Å²) in [5, 5.41) is 2.36. The fourth-order valence-electron chi connectivity index (χ4n) is 1.97. The van der Waals surface area contributed by atoms with E-state index in [1.165, 1.54) is 10.9 Å². The summed E-state index contributed by atoms with van der Waals surface area (Å²) in [6.07, 6.45) is 0.897. The quantitative estimate of drug-likeness (QED) is 0.854. The minimum atomic E-state index is 0.187. The molecule has 2 nitrogen and oxygen atoms in total. The lowest BCUT2D eigenvalue weighted by atomic mass is 10.0. The summed E-state index contributed by atoms with van der Waals surface area (Å²) in [4.78, 5) is 0. The third-order valence-corrected chi connectivity index (χ3v) is 2.68. The lowest BCUT2D eigenvalue weighted by Gasteiger charge is -2.09. The Morgan fingerprint density at radius 2 is 2.06 bits per heavy atom. The fourth-order valence-corrected chi connectivity index (χ4v) is 1.97. The number of nitrogens with two attached hydrogens (primary N) is 1. The van der Waals surface area contributed by atoms with Gasteiger partial charge in [0.2, 0.25) is 0 Å². The first-order valence-electron chi connectivity index (χ1n) is 5.52. The van der Waals surface area contributed by atoms with Gasteiger partial charge in [0.1, 0.15) is 5.75 Å². The molecule has 2 aromatic carbocycles. The van der Waals surface area contributed by atoms with E-state index in [-0.39, 0.29) is 6.04 Å². The van der Waals surface area contributed by atoms with Crippen LogP contribution < -0.4 is 10.5 Å². The minimum absolute atomic E-state index is 0.187. The van der Waals surface area contributed by atoms with Crippen LogP contribution in [0.1, 0.15) is 12.5 Å². The number of hydrogen-bond donors (Lipinski definition) is 1. The molecule has 16 heavy (non-hydrogen) atoms. The van der Waals surface area contributed by atoms with Crippen LogP contribution in [0.2, 0.25) is 0 Å². The van der Waals surface area contributed by atoms with Gasteiger partial charge in [-0.25, -0.2) is 0 Å². The topological polar surface area (TPSA) is 35.2 Å². The van der Waals surface area contributed by atoms with Crippen LogP contribution in [-0.4, -0.2) is 13.2 Å². The summed E-state index contributed by atoms with van der Waals surface area (Å²) >= 11 is 0. The van der Waals surface area contributed by atoms with Crippen molar-refractivity contribution in [2.75, 3.05) is 7.11 Å². The zero-order chi connectivity index (χ0) is 11.5. The summed E-state index contributed by atoms with van der Waals surface area (Å²) in [5.74, 6) is 0.920. The van der Waals surface area contributed by atoms with E-state index in [9.17, 15) is 0 Å². The molecule has 1 unspecified atom stereocenters. The molecule has 0 aliphatic carbocycles. The molecular weight excluding hydrogens is 198 g/mol. The molecule has 1 atom stereocenters. The molecule has 0 aliphatic heterocycles. The van der Waals surface area contributed by atoms with Gasteiger partial charge >= 0.3 is 0 Å². The largest absolute Gasteiger partial charge is 0.496 e. The van der Waals surface area contributed by atoms with Gasteiger partial charge < -0.3 is 10.5 Å². The molecule has 0 saturated heterocycles. The highest BCUT2D eigenvalue weighted by molar-refractivity contribution is 5.88. The molecule has 2 rings (SSSR count). The van der Waals surface area contributed by atoms with Crippen molar-refractivity contribution in [3.8, 4) is 5.75 Å². The van der Waals surface area contributed by atoms with Gasteiger partial charge in [-0.2, -0.15) is 0 Å². The molecule has 0 aromatic heterocycles. The van der Waals surface area contributed by atoms with E-state index in [1.54, 1.807) is 7.11 Å². The zero-order valence-corrected chi connectivity index (χ0v) is 9.73. The maximum atomic E-state index is 5.81. The van der Waals surface area contributed by atoms with Crippen molar-refractivity contribution in [2.24, 2.45) is 5.73 Å². The third-order valence-electron chi connectivity index (χ3n) is 2.68. The Morgan fingerprint density at radius 1 is 1.25 bits per heavy atom. The second-order valence-electron chi connectivity index (χ2n) is 4.20. The van der Waals surface area contributed by atoms with Gasteiger partial charge in [0.15, 0.2) is 0 Å². The highest BCUT2D eigenvalue weighted by Crippen LogP contribution is 2.26. The third kappa shape index (κ3) is 2.17. The monoisotopic (exact) mass is 215 g/mol. The molecule has 2 heteroatoms. The van der Waals surface area contributed by atoms with Gasteiger partial charge in [0.25, 0.3) is 0 Å². The molecule has 2 aromatic rings. The van der Waals surface area contributed by atoms with Gasteiger partial charge in [-0.15, -0.1) is 0 Å². The van der Waals surface area contributed by atoms with Crippen molar-refractivity contribution in [2.45, 2.75) is 19.4 Å². The van der Waals surface area contributed by atoms with Crippen LogP contribution in [0.4, 0.5) is 0 Å². The maximum Gasteiger partial charge on any atom is 0.126 e. The minimum Gasteiger partial charge on any atom is -0.496 e. The summed E-state index contributed by atoms with van der Waals surface area (Å²) < 4.78 is 5.36. The highest BCUT2D eigenvalue weighted by atomic mass is 16.5. The molecule has 0 aliphatic rings. The lowest BCUT2D eigenvalue weighted by Crippen LogP contribution is -2.17. The van der Waals surface area contributed by atoms with Crippen LogP contribution in [0.5, 0.6) is 5.75 Å². The normalized spacial score (nSPS) is 12.7. The van der Waals surface area contributed by atoms with Gasteiger partial charge in [-0.3, -0.25) is 0 Å². The molecule has 0 radical (unpaired) electrons. The van der Waals surface area contributed by atoms with E-state index in [4.69, 9.17) is 10.5 Å². The molecule has 0 heterocycles. The van der Waals surface area contributed by atoms with E-state index in [2.05, 4.69) is 24.3 Å². The van der Waals surface area contributed by atoms with Crippen LogP contribution in [0.15, 0.2) is 36.4 Å². The fraction of sp³-hybridized carbons (Fsp3) is 0.286. The standard InChI is InChI=1S/C14H17NO/c1-10(15)8-11-6-7-12-4-3-5-14(16-2)13(12)9-11/h3-7,9-10H,8,15H2,1-2H3. The zero-order valence-electron chi connectivity index (χ0n) is 9.73. The number of fused-ring (bicyclic) bond motifs is 1. The van der Waals surface area contributed by atoms with Crippen molar-refractivity contribution in [3.05, 3.63) is 42.0 Å². The Kier molecular flexibility index (Phi) is 3.11. The van der Waals surface area contributed by atoms with Crippen LogP contribution in [0.25, 0.3) is 10.8 Å². The SMILES string of the molecule is COc1cccc2ccc(CC(C)N)cc12. The first kappa shape index (κ1) is 11.0. The number of hydrogen-bond acceptors (Lipinski definition) is 2. The van der Waals surface area contributed by atoms with Gasteiger partial charge in [0.05, 0.1) is 7.11 Å². The van der Waals surface area contributed by atoms with E-state index in [1.807, 2.05) is 19.1 Å². The second-order valence-corrected chi connectivity index (χ2v) is 4.20. The number of benzene rings is 2. The Balaban J connectivity index is 2.50. The van der Waals surface area contributed by atoms with Crippen molar-refractivity contribution in [1.29, 1.82) is 0 Å². The molecule has 0 fully saturated rings. The van der Waals surface area contributed by atoms with Crippen molar-refractivity contribution in [3.63, 3.8) is 0 Å². The predicted molar refractivity (Wildman–Crippen MR) is 67.9 cm³/mol. The molecule has 0 saturated carbocycles. The summed E-state index contributed by atoms with van der Waals surface area (Å²) in [6, 6.07) is 12.7. The maximum absolute atomic E-state index is 5.81. The van der Waals surface area contributed by atoms with Crippen molar-refractivity contribution in [1.82, 2.24) is 0 Å². The predicted octanol–water partition coefficient (Wildman–Crippen LogP) is 2.74. The molecule has 0 bridgehead atoms. The van der Waals surface area contributed by atoms with E-state index in [0.29, 0.717) is 0 Å². The van der Waals surface area contributed by atoms with Gasteiger partial charge in [-0.05, 0) is 36.4 Å². The van der Waals surface area contributed by atoms with Crippen molar-refractivity contribution >= 4 is 10.8 Å². The van der Waals surface area contributed by atoms with Crippen molar-refractivity contribution < 1.29 is 4.74 Å². The van der Waals surface area contributed by atoms with Crippen LogP contribution in [0.3, 0.4) is 0 Å². The van der Waals surface area contributed by atoms with E-state index < -0.39 is 0 Å². The first-order valence-corrected chi connectivity index (χ1v) is 5.52. The Hall–Kier alpha value is -1.54. The number of ether oxygens (including phenoxy) is 1. The van der Waals surface area contributed by atoms with Crippen LogP contribution in [-0.2, 0) is 6.42 Å². The smallest absolute Gasteiger partial charge is 0.126 e. The molecular formula is C14H17NO. The summed E-state index contributed by atoms with van der Waals surface area (Å²) in [5.41, 5.74) is 7.06. The second kappa shape index (κ2) is 4.54. The average molecular weight is 215 g/mol. The van der Waals surface area contributed by atoms with E-state index >= 15 is 0 Å². The number of rotatable bonds is 3. The first-order chi connectivity index (χ1) is 7.70. The van der Waals surface area contributed by atoms with Gasteiger partial charge in [-0.1, -0.05) is 24.3 Å². The molecule has 2 N–H and O–H groups in total. The molecule has 0 spiro atoms. The molecule has 84 valence electrons. The van der Waals surface area contributed by atoms with Crippen LogP contribution >= 0.6 is 0 Å². The summed E-state index contributed by atoms with van der Waals surface area (Å²) in [7, 11) is 1.70. The Morgan fingerprint density at radius 3 is 2.75 bits per heavy atom. The molecule has 0 amide bonds.